The maximum atomic E-state index is 12.5. The Morgan fingerprint density at radius 2 is 1.84 bits per heavy atom. The molecule has 0 aliphatic carbocycles. The molecule has 0 spiro atoms. The summed E-state index contributed by atoms with van der Waals surface area (Å²) in [6.07, 6.45) is -4.42. The van der Waals surface area contributed by atoms with Gasteiger partial charge in [0.1, 0.15) is 18.0 Å². The molecule has 0 unspecified atom stereocenters. The number of amides is 1. The lowest BCUT2D eigenvalue weighted by Gasteiger charge is -2.28. The van der Waals surface area contributed by atoms with Gasteiger partial charge in [-0.1, -0.05) is 0 Å². The molecule has 1 heterocycles. The summed E-state index contributed by atoms with van der Waals surface area (Å²) < 4.78 is 48.2. The number of nitro groups is 1. The molecular weight excluding hydrogens is 419 g/mol. The van der Waals surface area contributed by atoms with Gasteiger partial charge in [0.25, 0.3) is 11.6 Å². The van der Waals surface area contributed by atoms with E-state index < -0.39 is 22.6 Å². The van der Waals surface area contributed by atoms with Gasteiger partial charge in [-0.25, -0.2) is 0 Å². The number of nitro benzene ring substituents is 1. The number of carbonyl (C=O) groups excluding carboxylic acids is 1. The van der Waals surface area contributed by atoms with Gasteiger partial charge in [-0.2, -0.15) is 13.2 Å². The lowest BCUT2D eigenvalue weighted by atomic mass is 10.1. The highest BCUT2D eigenvalue weighted by Gasteiger charge is 2.30. The van der Waals surface area contributed by atoms with E-state index in [1.807, 2.05) is 4.90 Å². The normalized spacial score (nSPS) is 14.2. The second kappa shape index (κ2) is 9.65. The van der Waals surface area contributed by atoms with Gasteiger partial charge in [0.05, 0.1) is 30.2 Å². The number of hydrogen-bond donors (Lipinski definition) is 1. The molecule has 0 bridgehead atoms. The quantitative estimate of drug-likeness (QED) is 0.404. The third-order valence-corrected chi connectivity index (χ3v) is 4.62. The molecule has 8 nitrogen and oxygen atoms in total. The molecule has 0 saturated carbocycles. The Morgan fingerprint density at radius 1 is 1.16 bits per heavy atom. The van der Waals surface area contributed by atoms with Crippen molar-refractivity contribution in [1.29, 1.82) is 0 Å². The predicted molar refractivity (Wildman–Crippen MR) is 105 cm³/mol. The van der Waals surface area contributed by atoms with E-state index in [4.69, 9.17) is 9.47 Å². The van der Waals surface area contributed by atoms with Crippen LogP contribution in [0.5, 0.6) is 5.75 Å². The molecule has 1 saturated heterocycles. The van der Waals surface area contributed by atoms with Crippen LogP contribution in [0.3, 0.4) is 0 Å². The summed E-state index contributed by atoms with van der Waals surface area (Å²) in [5, 5.41) is 14.0. The minimum absolute atomic E-state index is 0.0189. The third kappa shape index (κ3) is 5.85. The maximum absolute atomic E-state index is 12.5. The second-order valence-electron chi connectivity index (χ2n) is 6.69. The van der Waals surface area contributed by atoms with Crippen LogP contribution >= 0.6 is 0 Å². The summed E-state index contributed by atoms with van der Waals surface area (Å²) in [4.78, 5) is 25.1. The van der Waals surface area contributed by atoms with Gasteiger partial charge in [-0.05, 0) is 36.4 Å². The number of nitrogens with one attached hydrogen (secondary N) is 1. The van der Waals surface area contributed by atoms with Gasteiger partial charge in [-0.3, -0.25) is 14.9 Å². The molecule has 166 valence electrons. The smallest absolute Gasteiger partial charge is 0.416 e. The summed E-state index contributed by atoms with van der Waals surface area (Å²) in [6.45, 7) is 2.07. The molecular formula is C20H20F3N3O5. The summed E-state index contributed by atoms with van der Waals surface area (Å²) >= 11 is 0. The van der Waals surface area contributed by atoms with Crippen molar-refractivity contribution in [1.82, 2.24) is 5.32 Å². The van der Waals surface area contributed by atoms with Crippen LogP contribution in [0.2, 0.25) is 0 Å². The number of alkyl halides is 3. The maximum Gasteiger partial charge on any atom is 0.416 e. The molecule has 31 heavy (non-hydrogen) atoms. The number of nitrogens with zero attached hydrogens (tertiary/aromatic N) is 2. The first-order valence-electron chi connectivity index (χ1n) is 9.45. The molecule has 1 aliphatic rings. The molecule has 0 aromatic heterocycles. The number of carbonyl (C=O) groups is 1. The Morgan fingerprint density at radius 3 is 2.45 bits per heavy atom. The van der Waals surface area contributed by atoms with Crippen LogP contribution in [-0.4, -0.2) is 50.3 Å². The zero-order valence-corrected chi connectivity index (χ0v) is 16.4. The van der Waals surface area contributed by atoms with E-state index in [9.17, 15) is 28.1 Å². The summed E-state index contributed by atoms with van der Waals surface area (Å²) in [5.41, 5.74) is -0.403. The van der Waals surface area contributed by atoms with Gasteiger partial charge in [0, 0.05) is 24.7 Å². The number of hydrogen-bond acceptors (Lipinski definition) is 6. The molecule has 1 N–H and O–H groups in total. The summed E-state index contributed by atoms with van der Waals surface area (Å²) in [5.74, 6) is -0.291. The van der Waals surface area contributed by atoms with Gasteiger partial charge in [-0.15, -0.1) is 0 Å². The van der Waals surface area contributed by atoms with E-state index in [1.165, 1.54) is 30.3 Å². The number of ether oxygens (including phenoxy) is 2. The zero-order valence-electron chi connectivity index (χ0n) is 16.4. The Balaban J connectivity index is 1.55. The molecule has 0 atom stereocenters. The summed E-state index contributed by atoms with van der Waals surface area (Å²) in [6, 6.07) is 8.46. The Kier molecular flexibility index (Phi) is 6.95. The Labute approximate surface area is 175 Å². The van der Waals surface area contributed by atoms with Crippen molar-refractivity contribution < 1.29 is 32.4 Å². The van der Waals surface area contributed by atoms with Crippen LogP contribution in [0, 0.1) is 10.1 Å². The van der Waals surface area contributed by atoms with Gasteiger partial charge >= 0.3 is 6.18 Å². The number of rotatable bonds is 7. The topological polar surface area (TPSA) is 93.9 Å². The van der Waals surface area contributed by atoms with Crippen molar-refractivity contribution in [2.24, 2.45) is 0 Å². The average molecular weight is 439 g/mol. The van der Waals surface area contributed by atoms with Crippen LogP contribution in [0.4, 0.5) is 24.5 Å². The van der Waals surface area contributed by atoms with Crippen LogP contribution in [-0.2, 0) is 10.9 Å². The van der Waals surface area contributed by atoms with Crippen molar-refractivity contribution in [3.05, 3.63) is 63.7 Å². The van der Waals surface area contributed by atoms with E-state index in [0.29, 0.717) is 32.0 Å². The number of morpholine rings is 1. The van der Waals surface area contributed by atoms with Gasteiger partial charge < -0.3 is 19.7 Å². The molecule has 11 heteroatoms. The lowest BCUT2D eigenvalue weighted by Crippen LogP contribution is -2.36. The standard InChI is InChI=1S/C20H20F3N3O5/c21-20(22,23)15-2-4-16(5-3-15)31-10-7-24-19(27)14-1-6-17(18(13-14)26(28)29)25-8-11-30-12-9-25/h1-6,13H,7-12H2,(H,24,27). The minimum atomic E-state index is -4.42. The molecule has 2 aromatic carbocycles. The van der Waals surface area contributed by atoms with Crippen molar-refractivity contribution >= 4 is 17.3 Å². The van der Waals surface area contributed by atoms with Crippen molar-refractivity contribution in [3.8, 4) is 5.75 Å². The van der Waals surface area contributed by atoms with E-state index in [2.05, 4.69) is 5.32 Å². The van der Waals surface area contributed by atoms with E-state index in [1.54, 1.807) is 0 Å². The largest absolute Gasteiger partial charge is 0.492 e. The second-order valence-corrected chi connectivity index (χ2v) is 6.69. The van der Waals surface area contributed by atoms with E-state index in [0.717, 1.165) is 12.1 Å². The zero-order chi connectivity index (χ0) is 22.4. The Hall–Kier alpha value is -3.34. The molecule has 1 aliphatic heterocycles. The van der Waals surface area contributed by atoms with E-state index in [-0.39, 0.29) is 30.2 Å². The number of benzene rings is 2. The van der Waals surface area contributed by atoms with Crippen LogP contribution in [0.25, 0.3) is 0 Å². The number of halogens is 3. The Bertz CT molecular complexity index is 929. The van der Waals surface area contributed by atoms with Crippen LogP contribution < -0.4 is 15.0 Å². The average Bonchev–Trinajstić information content (AvgIpc) is 2.76. The summed E-state index contributed by atoms with van der Waals surface area (Å²) in [7, 11) is 0. The van der Waals surface area contributed by atoms with Crippen molar-refractivity contribution in [3.63, 3.8) is 0 Å². The number of anilines is 1. The fourth-order valence-electron chi connectivity index (χ4n) is 3.06. The predicted octanol–water partition coefficient (Wildman–Crippen LogP) is 3.26. The van der Waals surface area contributed by atoms with Gasteiger partial charge in [0.15, 0.2) is 0 Å². The fourth-order valence-corrected chi connectivity index (χ4v) is 3.06. The van der Waals surface area contributed by atoms with Crippen molar-refractivity contribution in [2.75, 3.05) is 44.4 Å². The highest BCUT2D eigenvalue weighted by molar-refractivity contribution is 5.95. The van der Waals surface area contributed by atoms with Crippen LogP contribution in [0.1, 0.15) is 15.9 Å². The first-order chi connectivity index (χ1) is 14.8. The first kappa shape index (κ1) is 22.3. The lowest BCUT2D eigenvalue weighted by molar-refractivity contribution is -0.384. The highest BCUT2D eigenvalue weighted by Crippen LogP contribution is 2.31. The molecule has 1 fully saturated rings. The monoisotopic (exact) mass is 439 g/mol. The minimum Gasteiger partial charge on any atom is -0.492 e. The fraction of sp³-hybridized carbons (Fsp3) is 0.350. The third-order valence-electron chi connectivity index (χ3n) is 4.62. The molecule has 3 rings (SSSR count). The van der Waals surface area contributed by atoms with Gasteiger partial charge in [0.2, 0.25) is 0 Å². The van der Waals surface area contributed by atoms with Crippen molar-refractivity contribution in [2.45, 2.75) is 6.18 Å². The highest BCUT2D eigenvalue weighted by atomic mass is 19.4. The first-order valence-corrected chi connectivity index (χ1v) is 9.45. The van der Waals surface area contributed by atoms with Crippen LogP contribution in [0.15, 0.2) is 42.5 Å². The molecule has 0 radical (unpaired) electrons. The van der Waals surface area contributed by atoms with E-state index >= 15 is 0 Å². The molecule has 2 aromatic rings. The molecule has 1 amide bonds. The SMILES string of the molecule is O=C(NCCOc1ccc(C(F)(F)F)cc1)c1ccc(N2CCOCC2)c([N+](=O)[O-])c1.